The maximum absolute atomic E-state index is 11.8. The molecule has 0 unspecified atom stereocenters. The Labute approximate surface area is 130 Å². The van der Waals surface area contributed by atoms with E-state index >= 15 is 0 Å². The number of hydrogen-bond donors (Lipinski definition) is 2. The lowest BCUT2D eigenvalue weighted by Crippen LogP contribution is -2.40. The molecule has 7 nitrogen and oxygen atoms in total. The van der Waals surface area contributed by atoms with Crippen LogP contribution in [0.5, 0.6) is 5.75 Å². The van der Waals surface area contributed by atoms with E-state index in [1.807, 2.05) is 0 Å². The molecule has 1 aromatic carbocycles. The molecule has 0 atom stereocenters. The fraction of sp³-hybridized carbons (Fsp3) is 0.500. The lowest BCUT2D eigenvalue weighted by molar-refractivity contribution is 0.195. The molecule has 8 heteroatoms. The van der Waals surface area contributed by atoms with Crippen LogP contribution in [0.4, 0.5) is 4.79 Å². The number of nitrogens with zero attached hydrogens (tertiary/aromatic N) is 1. The number of primary sulfonamides is 1. The Morgan fingerprint density at radius 2 is 2.00 bits per heavy atom. The number of likely N-dealkylation sites (N-methyl/N-ethyl adjacent to an activating group) is 1. The van der Waals surface area contributed by atoms with Gasteiger partial charge in [0.25, 0.3) is 0 Å². The quantitative estimate of drug-likeness (QED) is 0.772. The molecule has 3 N–H and O–H groups in total. The molecular formula is C14H21N3O4S. The summed E-state index contributed by atoms with van der Waals surface area (Å²) < 4.78 is 27.7. The Hall–Kier alpha value is -1.80. The highest BCUT2D eigenvalue weighted by Crippen LogP contribution is 2.27. The lowest BCUT2D eigenvalue weighted by Gasteiger charge is -2.18. The van der Waals surface area contributed by atoms with E-state index in [-0.39, 0.29) is 10.9 Å². The number of benzene rings is 1. The van der Waals surface area contributed by atoms with E-state index in [1.54, 1.807) is 11.9 Å². The molecule has 2 amide bonds. The van der Waals surface area contributed by atoms with Gasteiger partial charge in [-0.05, 0) is 43.0 Å². The minimum absolute atomic E-state index is 0.0384. The smallest absolute Gasteiger partial charge is 0.317 e. The first kappa shape index (κ1) is 16.6. The Bertz CT molecular complexity index is 611. The number of urea groups is 1. The van der Waals surface area contributed by atoms with Gasteiger partial charge in [0, 0.05) is 13.6 Å². The van der Waals surface area contributed by atoms with Crippen LogP contribution < -0.4 is 15.2 Å². The number of nitrogens with two attached hydrogens (primary N) is 1. The molecule has 0 bridgehead atoms. The van der Waals surface area contributed by atoms with Gasteiger partial charge in [0.15, 0.2) is 0 Å². The van der Waals surface area contributed by atoms with Crippen molar-refractivity contribution in [2.75, 3.05) is 26.7 Å². The van der Waals surface area contributed by atoms with E-state index in [9.17, 15) is 13.2 Å². The fourth-order valence-corrected chi connectivity index (χ4v) is 2.33. The van der Waals surface area contributed by atoms with Gasteiger partial charge in [0.2, 0.25) is 10.0 Å². The monoisotopic (exact) mass is 327 g/mol. The van der Waals surface area contributed by atoms with Gasteiger partial charge in [-0.15, -0.1) is 0 Å². The van der Waals surface area contributed by atoms with E-state index in [4.69, 9.17) is 9.88 Å². The Balaban J connectivity index is 1.72. The standard InChI is InChI=1S/C14H21N3O4S/c1-17(14(18)16-10-11-2-3-11)8-9-21-12-4-6-13(7-5-12)22(15,19)20/h4-7,11H,2-3,8-10H2,1H3,(H,16,18)(H2,15,19,20). The van der Waals surface area contributed by atoms with E-state index in [0.29, 0.717) is 24.8 Å². The summed E-state index contributed by atoms with van der Waals surface area (Å²) in [6.45, 7) is 1.49. The highest BCUT2D eigenvalue weighted by molar-refractivity contribution is 7.89. The fourth-order valence-electron chi connectivity index (χ4n) is 1.82. The number of rotatable bonds is 7. The van der Waals surface area contributed by atoms with Crippen LogP contribution in [0, 0.1) is 5.92 Å². The van der Waals surface area contributed by atoms with Crippen LogP contribution >= 0.6 is 0 Å². The lowest BCUT2D eigenvalue weighted by atomic mass is 10.3. The molecule has 0 radical (unpaired) electrons. The number of ether oxygens (including phenoxy) is 1. The van der Waals surface area contributed by atoms with Gasteiger partial charge in [-0.1, -0.05) is 0 Å². The van der Waals surface area contributed by atoms with Crippen molar-refractivity contribution in [3.63, 3.8) is 0 Å². The van der Waals surface area contributed by atoms with Crippen molar-refractivity contribution in [3.05, 3.63) is 24.3 Å². The number of amides is 2. The molecule has 0 aliphatic heterocycles. The van der Waals surface area contributed by atoms with Crippen LogP contribution in [0.15, 0.2) is 29.2 Å². The summed E-state index contributed by atoms with van der Waals surface area (Å²) in [5, 5.41) is 7.88. The van der Waals surface area contributed by atoms with Crippen LogP contribution in [-0.4, -0.2) is 46.1 Å². The molecule has 0 spiro atoms. The second-order valence-electron chi connectivity index (χ2n) is 5.42. The second-order valence-corrected chi connectivity index (χ2v) is 6.98. The molecule has 0 aromatic heterocycles. The van der Waals surface area contributed by atoms with Crippen molar-refractivity contribution in [1.82, 2.24) is 10.2 Å². The number of sulfonamides is 1. The van der Waals surface area contributed by atoms with Crippen molar-refractivity contribution < 1.29 is 17.9 Å². The van der Waals surface area contributed by atoms with Crippen LogP contribution in [0.3, 0.4) is 0 Å². The maximum Gasteiger partial charge on any atom is 0.317 e. The van der Waals surface area contributed by atoms with Gasteiger partial charge in [-0.25, -0.2) is 18.4 Å². The first-order valence-electron chi connectivity index (χ1n) is 7.11. The Morgan fingerprint density at radius 3 is 2.55 bits per heavy atom. The molecular weight excluding hydrogens is 306 g/mol. The summed E-state index contributed by atoms with van der Waals surface area (Å²) in [4.78, 5) is 13.3. The van der Waals surface area contributed by atoms with Crippen LogP contribution in [0.25, 0.3) is 0 Å². The van der Waals surface area contributed by atoms with Crippen molar-refractivity contribution in [2.24, 2.45) is 11.1 Å². The van der Waals surface area contributed by atoms with E-state index in [1.165, 1.54) is 37.1 Å². The van der Waals surface area contributed by atoms with Gasteiger partial charge in [0.05, 0.1) is 11.4 Å². The minimum Gasteiger partial charge on any atom is -0.492 e. The molecule has 0 saturated heterocycles. The van der Waals surface area contributed by atoms with Crippen molar-refractivity contribution in [1.29, 1.82) is 0 Å². The molecule has 22 heavy (non-hydrogen) atoms. The number of hydrogen-bond acceptors (Lipinski definition) is 4. The third-order valence-electron chi connectivity index (χ3n) is 3.43. The van der Waals surface area contributed by atoms with Gasteiger partial charge in [0.1, 0.15) is 12.4 Å². The summed E-state index contributed by atoms with van der Waals surface area (Å²) in [5.41, 5.74) is 0. The van der Waals surface area contributed by atoms with Crippen LogP contribution in [0.1, 0.15) is 12.8 Å². The third kappa shape index (κ3) is 5.19. The van der Waals surface area contributed by atoms with E-state index < -0.39 is 10.0 Å². The van der Waals surface area contributed by atoms with E-state index in [2.05, 4.69) is 5.32 Å². The van der Waals surface area contributed by atoms with Gasteiger partial charge < -0.3 is 15.0 Å². The zero-order valence-electron chi connectivity index (χ0n) is 12.5. The minimum atomic E-state index is -3.69. The summed E-state index contributed by atoms with van der Waals surface area (Å²) in [5.74, 6) is 1.17. The first-order chi connectivity index (χ1) is 10.4. The van der Waals surface area contributed by atoms with E-state index in [0.717, 1.165) is 6.54 Å². The van der Waals surface area contributed by atoms with Gasteiger partial charge in [-0.3, -0.25) is 0 Å². The maximum atomic E-state index is 11.8. The number of nitrogens with one attached hydrogen (secondary N) is 1. The third-order valence-corrected chi connectivity index (χ3v) is 4.36. The van der Waals surface area contributed by atoms with Gasteiger partial charge in [-0.2, -0.15) is 0 Å². The van der Waals surface area contributed by atoms with Crippen molar-refractivity contribution in [2.45, 2.75) is 17.7 Å². The van der Waals surface area contributed by atoms with Crippen molar-refractivity contribution in [3.8, 4) is 5.75 Å². The highest BCUT2D eigenvalue weighted by Gasteiger charge is 2.22. The summed E-state index contributed by atoms with van der Waals surface area (Å²) in [6.07, 6.45) is 2.39. The molecule has 1 fully saturated rings. The summed E-state index contributed by atoms with van der Waals surface area (Å²) in [6, 6.07) is 5.73. The SMILES string of the molecule is CN(CCOc1ccc(S(N)(=O)=O)cc1)C(=O)NCC1CC1. The zero-order valence-corrected chi connectivity index (χ0v) is 13.3. The normalized spacial score (nSPS) is 14.5. The summed E-state index contributed by atoms with van der Waals surface area (Å²) >= 11 is 0. The second kappa shape index (κ2) is 6.97. The highest BCUT2D eigenvalue weighted by atomic mass is 32.2. The number of carbonyl (C=O) groups is 1. The molecule has 0 heterocycles. The van der Waals surface area contributed by atoms with Crippen LogP contribution in [-0.2, 0) is 10.0 Å². The topological polar surface area (TPSA) is 102 Å². The molecule has 1 aromatic rings. The molecule has 1 aliphatic rings. The average molecular weight is 327 g/mol. The molecule has 2 rings (SSSR count). The predicted molar refractivity (Wildman–Crippen MR) is 82.1 cm³/mol. The van der Waals surface area contributed by atoms with Crippen molar-refractivity contribution >= 4 is 16.1 Å². The first-order valence-corrected chi connectivity index (χ1v) is 8.65. The molecule has 1 saturated carbocycles. The molecule has 1 aliphatic carbocycles. The summed E-state index contributed by atoms with van der Waals surface area (Å²) in [7, 11) is -1.99. The van der Waals surface area contributed by atoms with Crippen LogP contribution in [0.2, 0.25) is 0 Å². The Kier molecular flexibility index (Phi) is 5.25. The average Bonchev–Trinajstić information content (AvgIpc) is 3.28. The zero-order chi connectivity index (χ0) is 16.2. The largest absolute Gasteiger partial charge is 0.492 e. The Morgan fingerprint density at radius 1 is 1.36 bits per heavy atom. The predicted octanol–water partition coefficient (Wildman–Crippen LogP) is 0.764. The van der Waals surface area contributed by atoms with Gasteiger partial charge >= 0.3 is 6.03 Å². The number of carbonyl (C=O) groups excluding carboxylic acids is 1. The molecule has 122 valence electrons.